The van der Waals surface area contributed by atoms with E-state index >= 15 is 0 Å². The third-order valence-corrected chi connectivity index (χ3v) is 11.2. The minimum atomic E-state index is -0.00351. The Morgan fingerprint density at radius 3 is 1.58 bits per heavy atom. The summed E-state index contributed by atoms with van der Waals surface area (Å²) in [6, 6.07) is 24.4. The van der Waals surface area contributed by atoms with Crippen molar-refractivity contribution in [3.05, 3.63) is 105 Å². The average molecular weight is 685 g/mol. The number of pyridine rings is 2. The van der Waals surface area contributed by atoms with Gasteiger partial charge in [-0.25, -0.2) is 0 Å². The van der Waals surface area contributed by atoms with Gasteiger partial charge in [0.1, 0.15) is 5.76 Å². The number of nitrogens with zero attached hydrogens (tertiary/aromatic N) is 2. The fraction of sp³-hybridized carbons (Fsp3) is 0.364. The number of aryl methyl sites for hydroxylation is 2. The van der Waals surface area contributed by atoms with Crippen molar-refractivity contribution in [1.82, 2.24) is 9.13 Å². The van der Waals surface area contributed by atoms with Crippen LogP contribution in [0.2, 0.25) is 0 Å². The molecule has 6 heteroatoms. The van der Waals surface area contributed by atoms with Crippen LogP contribution >= 0.6 is 11.3 Å². The molecule has 0 aliphatic carbocycles. The summed E-state index contributed by atoms with van der Waals surface area (Å²) in [4.78, 5) is 30.2. The summed E-state index contributed by atoms with van der Waals surface area (Å²) >= 11 is 1.69. The lowest BCUT2D eigenvalue weighted by atomic mass is 10.0. The molecule has 0 N–H and O–H groups in total. The monoisotopic (exact) mass is 684 g/mol. The molecule has 0 saturated carbocycles. The summed E-state index contributed by atoms with van der Waals surface area (Å²) in [5.74, 6) is 0.744. The molecule has 7 rings (SSSR count). The van der Waals surface area contributed by atoms with Crippen molar-refractivity contribution in [2.75, 3.05) is 0 Å². The van der Waals surface area contributed by atoms with Crippen molar-refractivity contribution in [1.29, 1.82) is 0 Å². The molecule has 0 saturated heterocycles. The first-order valence-corrected chi connectivity index (χ1v) is 19.7. The zero-order valence-corrected chi connectivity index (χ0v) is 30.3. The SMILES string of the molecule is CCCCCCCCn1c2ccc(-c3ccco3)cc2c(=O)c2cc3c(cc21)c(=O)c1cc(-c2cccs2)ccc1n3CCCCCCCC. The molecule has 258 valence electrons. The molecule has 7 aromatic rings. The van der Waals surface area contributed by atoms with Gasteiger partial charge in [0.05, 0.1) is 28.3 Å². The molecule has 0 radical (unpaired) electrons. The second-order valence-corrected chi connectivity index (χ2v) is 14.7. The van der Waals surface area contributed by atoms with Crippen LogP contribution < -0.4 is 10.9 Å². The van der Waals surface area contributed by atoms with E-state index in [1.807, 2.05) is 36.4 Å². The lowest BCUT2D eigenvalue weighted by Gasteiger charge is -2.19. The predicted molar refractivity (Wildman–Crippen MR) is 213 cm³/mol. The summed E-state index contributed by atoms with van der Waals surface area (Å²) < 4.78 is 10.3. The van der Waals surface area contributed by atoms with Crippen LogP contribution in [0.5, 0.6) is 0 Å². The van der Waals surface area contributed by atoms with E-state index in [4.69, 9.17) is 4.42 Å². The summed E-state index contributed by atoms with van der Waals surface area (Å²) in [7, 11) is 0. The molecule has 0 atom stereocenters. The van der Waals surface area contributed by atoms with E-state index in [9.17, 15) is 9.59 Å². The second kappa shape index (κ2) is 15.6. The van der Waals surface area contributed by atoms with Gasteiger partial charge in [-0.2, -0.15) is 0 Å². The van der Waals surface area contributed by atoms with E-state index in [0.717, 1.165) is 88.0 Å². The number of benzene rings is 3. The van der Waals surface area contributed by atoms with Gasteiger partial charge in [-0.3, -0.25) is 9.59 Å². The van der Waals surface area contributed by atoms with Gasteiger partial charge in [-0.15, -0.1) is 11.3 Å². The van der Waals surface area contributed by atoms with Gasteiger partial charge in [0.15, 0.2) is 10.9 Å². The highest BCUT2D eigenvalue weighted by Crippen LogP contribution is 2.32. The minimum Gasteiger partial charge on any atom is -0.464 e. The Balaban J connectivity index is 1.43. The van der Waals surface area contributed by atoms with Gasteiger partial charge in [-0.05, 0) is 84.4 Å². The molecule has 0 fully saturated rings. The Bertz CT molecular complexity index is 2180. The maximum atomic E-state index is 14.5. The number of thiophene rings is 1. The first-order chi connectivity index (χ1) is 24.6. The number of fused-ring (bicyclic) bond motifs is 4. The van der Waals surface area contributed by atoms with Crippen molar-refractivity contribution in [3.63, 3.8) is 0 Å². The quantitative estimate of drug-likeness (QED) is 0.0752. The summed E-state index contributed by atoms with van der Waals surface area (Å²) in [5, 5.41) is 4.85. The molecular formula is C44H48N2O3S. The van der Waals surface area contributed by atoms with E-state index in [1.165, 1.54) is 51.4 Å². The van der Waals surface area contributed by atoms with Crippen LogP contribution in [-0.4, -0.2) is 9.13 Å². The molecule has 0 aliphatic rings. The van der Waals surface area contributed by atoms with E-state index < -0.39 is 0 Å². The van der Waals surface area contributed by atoms with Gasteiger partial charge >= 0.3 is 0 Å². The van der Waals surface area contributed by atoms with E-state index in [0.29, 0.717) is 16.2 Å². The number of rotatable bonds is 16. The molecule has 0 aliphatic heterocycles. The van der Waals surface area contributed by atoms with Gasteiger partial charge in [0.2, 0.25) is 0 Å². The Morgan fingerprint density at radius 2 is 1.06 bits per heavy atom. The standard InChI is InChI=1S/C44H48N2O3S/c1-3-5-7-9-11-13-23-45-37-21-19-31(41-17-15-25-49-41)27-33(37)43(47)35-29-40-36(30-39(35)45)44(48)34-28-32(42-18-16-26-50-42)20-22-38(34)46(40)24-14-12-10-8-6-4-2/h15-22,25-30H,3-14,23-24H2,1-2H3. The molecule has 0 amide bonds. The molecule has 4 heterocycles. The van der Waals surface area contributed by atoms with Crippen LogP contribution in [0.15, 0.2) is 98.4 Å². The highest BCUT2D eigenvalue weighted by Gasteiger charge is 2.18. The van der Waals surface area contributed by atoms with Crippen molar-refractivity contribution in [2.24, 2.45) is 0 Å². The Kier molecular flexibility index (Phi) is 10.6. The maximum Gasteiger partial charge on any atom is 0.197 e. The topological polar surface area (TPSA) is 57.1 Å². The van der Waals surface area contributed by atoms with E-state index in [-0.39, 0.29) is 10.9 Å². The highest BCUT2D eigenvalue weighted by atomic mass is 32.1. The zero-order valence-electron chi connectivity index (χ0n) is 29.5. The van der Waals surface area contributed by atoms with Gasteiger partial charge < -0.3 is 13.6 Å². The normalized spacial score (nSPS) is 11.9. The fourth-order valence-corrected chi connectivity index (χ4v) is 8.34. The van der Waals surface area contributed by atoms with E-state index in [1.54, 1.807) is 17.6 Å². The predicted octanol–water partition coefficient (Wildman–Crippen LogP) is 12.3. The van der Waals surface area contributed by atoms with Crippen LogP contribution in [0.3, 0.4) is 0 Å². The number of furan rings is 1. The zero-order chi connectivity index (χ0) is 34.5. The third-order valence-electron chi connectivity index (χ3n) is 10.3. The molecule has 5 nitrogen and oxygen atoms in total. The Labute approximate surface area is 298 Å². The number of unbranched alkanes of at least 4 members (excludes halogenated alkanes) is 10. The summed E-state index contributed by atoms with van der Waals surface area (Å²) in [6.07, 6.45) is 15.9. The van der Waals surface area contributed by atoms with Gasteiger partial charge in [0.25, 0.3) is 0 Å². The first-order valence-electron chi connectivity index (χ1n) is 18.8. The molecule has 0 spiro atoms. The van der Waals surface area contributed by atoms with Crippen LogP contribution in [0.25, 0.3) is 65.4 Å². The average Bonchev–Trinajstić information content (AvgIpc) is 3.89. The lowest BCUT2D eigenvalue weighted by molar-refractivity contribution is 0.569. The molecule has 3 aromatic carbocycles. The van der Waals surface area contributed by atoms with Crippen LogP contribution in [-0.2, 0) is 13.1 Å². The molecular weight excluding hydrogens is 637 g/mol. The van der Waals surface area contributed by atoms with Crippen molar-refractivity contribution < 1.29 is 4.42 Å². The van der Waals surface area contributed by atoms with Gasteiger partial charge in [0, 0.05) is 45.1 Å². The molecule has 50 heavy (non-hydrogen) atoms. The van der Waals surface area contributed by atoms with Crippen LogP contribution in [0.1, 0.15) is 90.9 Å². The molecule has 0 bridgehead atoms. The minimum absolute atomic E-state index is 0.00351. The van der Waals surface area contributed by atoms with Crippen molar-refractivity contribution in [3.8, 4) is 21.8 Å². The largest absolute Gasteiger partial charge is 0.464 e. The first kappa shape index (κ1) is 34.0. The maximum absolute atomic E-state index is 14.5. The highest BCUT2D eigenvalue weighted by molar-refractivity contribution is 7.13. The van der Waals surface area contributed by atoms with Gasteiger partial charge in [-0.1, -0.05) is 90.2 Å². The second-order valence-electron chi connectivity index (χ2n) is 13.8. The Hall–Kier alpha value is -4.42. The smallest absolute Gasteiger partial charge is 0.197 e. The van der Waals surface area contributed by atoms with Crippen molar-refractivity contribution in [2.45, 2.75) is 104 Å². The number of hydrogen-bond donors (Lipinski definition) is 0. The molecule has 4 aromatic heterocycles. The Morgan fingerprint density at radius 1 is 0.540 bits per heavy atom. The third kappa shape index (κ3) is 6.83. The number of aromatic nitrogens is 2. The fourth-order valence-electron chi connectivity index (χ4n) is 7.62. The van der Waals surface area contributed by atoms with Crippen molar-refractivity contribution >= 4 is 54.9 Å². The van der Waals surface area contributed by atoms with E-state index in [2.05, 4.69) is 64.8 Å². The molecule has 0 unspecified atom stereocenters. The summed E-state index contributed by atoms with van der Waals surface area (Å²) in [6.45, 7) is 6.07. The van der Waals surface area contributed by atoms with Crippen LogP contribution in [0.4, 0.5) is 0 Å². The van der Waals surface area contributed by atoms with Crippen LogP contribution in [0, 0.1) is 0 Å². The summed E-state index contributed by atoms with van der Waals surface area (Å²) in [5.41, 5.74) is 5.50. The number of hydrogen-bond acceptors (Lipinski definition) is 4. The lowest BCUT2D eigenvalue weighted by Crippen LogP contribution is -2.16.